The quantitative estimate of drug-likeness (QED) is 0.0385. The average Bonchev–Trinajstić information content (AvgIpc) is 1.66. The second-order valence-electron chi connectivity index (χ2n) is 20.3. The van der Waals surface area contributed by atoms with Crippen LogP contribution in [-0.2, 0) is 46.0 Å². The average molecular weight is 1290 g/mol. The van der Waals surface area contributed by atoms with E-state index in [-0.39, 0.29) is 13.4 Å². The van der Waals surface area contributed by atoms with Crippen LogP contribution in [0.15, 0.2) is 248 Å². The monoisotopic (exact) mass is 1290 g/mol. The van der Waals surface area contributed by atoms with Crippen molar-refractivity contribution in [3.8, 4) is 0 Å². The number of pyridine rings is 4. The summed E-state index contributed by atoms with van der Waals surface area (Å²) in [6, 6.07) is 69.4. The van der Waals surface area contributed by atoms with Crippen molar-refractivity contribution in [1.82, 2.24) is 63.6 Å². The molecule has 8 heterocycles. The number of imidazole rings is 4. The molecule has 0 unspecified atom stereocenters. The summed E-state index contributed by atoms with van der Waals surface area (Å²) in [6.45, 7) is 1.09. The molecule has 0 aliphatic carbocycles. The number of nitrogen functional groups attached to an aromatic ring is 1. The molecular weight excluding hydrogens is 1220 g/mol. The number of fused-ring (bicyclic) bond motifs is 4. The minimum atomic E-state index is -0.538. The zero-order chi connectivity index (χ0) is 63.6. The number of halogens is 1. The molecule has 21 nitrogen and oxygen atoms in total. The van der Waals surface area contributed by atoms with Gasteiger partial charge in [0.05, 0.1) is 69.9 Å². The number of methoxy groups -OCH3 is 1. The second kappa shape index (κ2) is 31.0. The Morgan fingerprint density at radius 2 is 0.880 bits per heavy atom. The number of carbonyl (C=O) groups is 2. The Morgan fingerprint density at radius 3 is 1.26 bits per heavy atom. The van der Waals surface area contributed by atoms with Crippen LogP contribution in [0.4, 0.5) is 41.2 Å². The molecule has 5 N–H and O–H groups in total. The minimum absolute atomic E-state index is 0. The Bertz CT molecular complexity index is 4480. The third-order valence-corrected chi connectivity index (χ3v) is 14.8. The number of hydroxylamine groups is 1. The molecule has 0 spiro atoms. The molecule has 14 aromatic rings. The number of carbonyl (C=O) groups excluding carboxylic acids is 2. The summed E-state index contributed by atoms with van der Waals surface area (Å²) in [5.41, 5.74) is 18.2. The number of esters is 1. The Balaban J connectivity index is 0.000000145. The molecule has 6 aromatic carbocycles. The van der Waals surface area contributed by atoms with Crippen molar-refractivity contribution in [2.24, 2.45) is 28.2 Å². The number of nitrogens with zero attached hydrogens (tertiary/aromatic N) is 14. The van der Waals surface area contributed by atoms with E-state index < -0.39 is 5.91 Å². The number of benzene rings is 6. The number of hydrogen-bond acceptors (Lipinski definition) is 16. The normalized spacial score (nSPS) is 10.5. The maximum Gasteiger partial charge on any atom is 0.337 e. The summed E-state index contributed by atoms with van der Waals surface area (Å²) >= 11 is 3.20. The highest BCUT2D eigenvalue weighted by Gasteiger charge is 2.21. The fourth-order valence-electron chi connectivity index (χ4n) is 9.65. The summed E-state index contributed by atoms with van der Waals surface area (Å²) in [4.78, 5) is 62.7. The van der Waals surface area contributed by atoms with Crippen LogP contribution >= 0.6 is 15.9 Å². The van der Waals surface area contributed by atoms with Gasteiger partial charge in [0.25, 0.3) is 5.91 Å². The van der Waals surface area contributed by atoms with E-state index in [1.807, 2.05) is 241 Å². The molecule has 0 saturated carbocycles. The molecule has 92 heavy (non-hydrogen) atoms. The van der Waals surface area contributed by atoms with Crippen molar-refractivity contribution < 1.29 is 19.5 Å². The number of hydrogen-bond donors (Lipinski definition) is 4. The molecule has 0 atom stereocenters. The minimum Gasteiger partial charge on any atom is -0.465 e. The number of nitrogens with one attached hydrogen (secondary N) is 2. The van der Waals surface area contributed by atoms with Crippen molar-refractivity contribution >= 4 is 113 Å². The standard InChI is InChI=1S/C22H20N4O2.C21H19N5O2.C13H12N4.C8H9N3.C5H4BrN.CH4/c1-25-19-8-4-3-7-18(19)24-22(25)26(20-9-5-6-14-23-20)15-16-10-12-17(13-11-16)21(27)28-2;1-25-18-7-3-2-6-17(18)23-21(25)26(19-8-4-5-13-22-19)14-15-9-11-16(12-10-15)20(27)24-28;1-17-11-7-3-2-6-10(11)15-13(17)16-12-8-4-5-9-14-12;1-11-7-5-3-2-4-6(7)10-8(11)9;6-5-3-1-2-4-7-5;/h3-14H,15H2,1-2H3;2-13,28H,14H2,1H3,(H,24,27);2-9H,1H3,(H,14,15,16);2-5H,1H3,(H2,9,10);1-4H;1H4. The molecule has 0 bridgehead atoms. The van der Waals surface area contributed by atoms with Gasteiger partial charge in [-0.15, -0.1) is 0 Å². The number of amides is 1. The molecule has 0 aliphatic rings. The van der Waals surface area contributed by atoms with Gasteiger partial charge in [0, 0.05) is 58.5 Å². The van der Waals surface area contributed by atoms with E-state index in [0.717, 1.165) is 95.2 Å². The smallest absolute Gasteiger partial charge is 0.337 e. The van der Waals surface area contributed by atoms with Crippen molar-refractivity contribution in [3.63, 3.8) is 0 Å². The first kappa shape index (κ1) is 64.8. The predicted octanol–water partition coefficient (Wildman–Crippen LogP) is 13.9. The fraction of sp³-hybridized carbons (Fsp3) is 0.114. The highest BCUT2D eigenvalue weighted by atomic mass is 79.9. The number of nitrogens with two attached hydrogens (primary N) is 1. The summed E-state index contributed by atoms with van der Waals surface area (Å²) < 4.78 is 13.6. The topological polar surface area (TPSA) is 243 Å². The van der Waals surface area contributed by atoms with E-state index in [4.69, 9.17) is 25.6 Å². The van der Waals surface area contributed by atoms with E-state index in [9.17, 15) is 9.59 Å². The van der Waals surface area contributed by atoms with Gasteiger partial charge in [-0.2, -0.15) is 0 Å². The van der Waals surface area contributed by atoms with Gasteiger partial charge in [-0.25, -0.2) is 50.1 Å². The van der Waals surface area contributed by atoms with Crippen LogP contribution in [0.5, 0.6) is 0 Å². The zero-order valence-corrected chi connectivity index (χ0v) is 52.0. The van der Waals surface area contributed by atoms with Crippen LogP contribution in [-0.4, -0.2) is 82.3 Å². The summed E-state index contributed by atoms with van der Waals surface area (Å²) in [5, 5.41) is 12.0. The first-order valence-corrected chi connectivity index (χ1v) is 29.4. The number of para-hydroxylation sites is 8. The Hall–Kier alpha value is -11.6. The molecule has 0 saturated heterocycles. The van der Waals surface area contributed by atoms with Crippen LogP contribution < -0.4 is 26.3 Å². The summed E-state index contributed by atoms with van der Waals surface area (Å²) in [7, 11) is 9.26. The molecule has 1 amide bonds. The molecule has 22 heteroatoms. The van der Waals surface area contributed by atoms with Gasteiger partial charge >= 0.3 is 5.97 Å². The Labute approximate surface area is 540 Å². The molecule has 0 radical (unpaired) electrons. The van der Waals surface area contributed by atoms with E-state index >= 15 is 0 Å². The Kier molecular flexibility index (Phi) is 21.9. The van der Waals surface area contributed by atoms with Crippen LogP contribution in [0.1, 0.15) is 39.3 Å². The van der Waals surface area contributed by atoms with Gasteiger partial charge in [-0.05, 0) is 148 Å². The van der Waals surface area contributed by atoms with Gasteiger partial charge < -0.3 is 34.1 Å². The lowest BCUT2D eigenvalue weighted by Crippen LogP contribution is -2.21. The van der Waals surface area contributed by atoms with Crippen LogP contribution in [0, 0.1) is 0 Å². The van der Waals surface area contributed by atoms with Crippen molar-refractivity contribution in [2.75, 3.05) is 28.0 Å². The fourth-order valence-corrected chi connectivity index (χ4v) is 9.92. The largest absolute Gasteiger partial charge is 0.465 e. The molecule has 464 valence electrons. The van der Waals surface area contributed by atoms with E-state index in [1.54, 1.807) is 54.5 Å². The Morgan fingerprint density at radius 1 is 0.478 bits per heavy atom. The van der Waals surface area contributed by atoms with Crippen molar-refractivity contribution in [3.05, 3.63) is 270 Å². The summed E-state index contributed by atoms with van der Waals surface area (Å²) in [6.07, 6.45) is 7.01. The lowest BCUT2D eigenvalue weighted by atomic mass is 10.1. The van der Waals surface area contributed by atoms with Crippen molar-refractivity contribution in [2.45, 2.75) is 20.5 Å². The highest BCUT2D eigenvalue weighted by Crippen LogP contribution is 2.31. The van der Waals surface area contributed by atoms with Crippen LogP contribution in [0.25, 0.3) is 44.1 Å². The third-order valence-electron chi connectivity index (χ3n) is 14.4. The first-order chi connectivity index (χ1) is 44.4. The van der Waals surface area contributed by atoms with Gasteiger partial charge in [-0.1, -0.05) is 104 Å². The van der Waals surface area contributed by atoms with E-state index in [0.29, 0.717) is 30.2 Å². The van der Waals surface area contributed by atoms with Crippen molar-refractivity contribution in [1.29, 1.82) is 0 Å². The number of rotatable bonds is 12. The molecular formula is C70H68BrN17O4. The molecule has 0 aliphatic heterocycles. The number of anilines is 7. The third kappa shape index (κ3) is 15.8. The molecule has 0 fully saturated rings. The van der Waals surface area contributed by atoms with Gasteiger partial charge in [0.15, 0.2) is 0 Å². The predicted molar refractivity (Wildman–Crippen MR) is 367 cm³/mol. The van der Waals surface area contributed by atoms with E-state index in [1.165, 1.54) is 7.11 Å². The second-order valence-corrected chi connectivity index (χ2v) is 21.1. The maximum absolute atomic E-state index is 11.7. The number of aromatic nitrogens is 12. The SMILES string of the molecule is Brc1ccccn1.C.COC(=O)c1ccc(CN(c2ccccn2)c2nc3ccccc3n2C)cc1.Cn1c(N(Cc2ccc(C(=O)NO)cc2)c2ccccn2)nc2ccccc21.Cn1c(N)nc2ccccc21.Cn1c(Nc2ccccn2)nc2ccccc21. The van der Waals surface area contributed by atoms with Crippen LogP contribution in [0.2, 0.25) is 0 Å². The maximum atomic E-state index is 11.7. The van der Waals surface area contributed by atoms with E-state index in [2.05, 4.69) is 60.6 Å². The summed E-state index contributed by atoms with van der Waals surface area (Å²) in [5.74, 6) is 4.43. The lowest BCUT2D eigenvalue weighted by molar-refractivity contribution is 0.0600. The number of ether oxygens (including phenoxy) is 1. The molecule has 8 aromatic heterocycles. The number of aryl methyl sites for hydroxylation is 4. The lowest BCUT2D eigenvalue weighted by Gasteiger charge is -2.23. The zero-order valence-electron chi connectivity index (χ0n) is 50.4. The van der Waals surface area contributed by atoms with Gasteiger partial charge in [0.1, 0.15) is 22.1 Å². The first-order valence-electron chi connectivity index (χ1n) is 28.6. The van der Waals surface area contributed by atoms with Crippen LogP contribution in [0.3, 0.4) is 0 Å². The van der Waals surface area contributed by atoms with Gasteiger partial charge in [0.2, 0.25) is 23.8 Å². The molecule has 14 rings (SSSR count). The van der Waals surface area contributed by atoms with Gasteiger partial charge in [-0.3, -0.25) is 19.8 Å². The highest BCUT2D eigenvalue weighted by molar-refractivity contribution is 9.10.